The number of allylic oxidation sites excluding steroid dienone is 2. The smallest absolute Gasteiger partial charge is 0.310 e. The Labute approximate surface area is 269 Å². The molecule has 8 heteroatoms. The van der Waals surface area contributed by atoms with Gasteiger partial charge in [-0.25, -0.2) is 0 Å². The van der Waals surface area contributed by atoms with Gasteiger partial charge in [0.25, 0.3) is 6.47 Å². The normalized spacial score (nSPS) is 51.8. The lowest BCUT2D eigenvalue weighted by Crippen LogP contribution is -2.65. The Hall–Kier alpha value is -1.48. The van der Waals surface area contributed by atoms with Gasteiger partial charge in [-0.1, -0.05) is 60.1 Å². The van der Waals surface area contributed by atoms with Gasteiger partial charge in [0.05, 0.1) is 11.5 Å². The van der Waals surface area contributed by atoms with E-state index in [0.717, 1.165) is 64.2 Å². The van der Waals surface area contributed by atoms with Crippen LogP contribution >= 0.6 is 0 Å². The molecular weight excluding hydrogens is 572 g/mol. The summed E-state index contributed by atoms with van der Waals surface area (Å²) in [6, 6.07) is 0. The number of carbonyl (C=O) groups excluding carboxylic acids is 1. The zero-order valence-electron chi connectivity index (χ0n) is 28.6. The second-order valence-electron chi connectivity index (χ2n) is 18.2. The van der Waals surface area contributed by atoms with Crippen molar-refractivity contribution < 1.29 is 39.5 Å². The van der Waals surface area contributed by atoms with Crippen LogP contribution in [0.1, 0.15) is 119 Å². The summed E-state index contributed by atoms with van der Waals surface area (Å²) in [5, 5.41) is 42.3. The second kappa shape index (κ2) is 10.8. The van der Waals surface area contributed by atoms with Crippen molar-refractivity contribution in [3.05, 3.63) is 11.6 Å². The number of hydrogen-bond donors (Lipinski definition) is 4. The number of carboxylic acids is 1. The zero-order chi connectivity index (χ0) is 33.0. The Morgan fingerprint density at radius 1 is 0.911 bits per heavy atom. The highest BCUT2D eigenvalue weighted by atomic mass is 16.7. The summed E-state index contributed by atoms with van der Waals surface area (Å²) in [6.45, 7) is 17.1. The highest BCUT2D eigenvalue weighted by molar-refractivity contribution is 5.76. The third-order valence-corrected chi connectivity index (χ3v) is 15.7. The minimum absolute atomic E-state index is 0.0213. The minimum Gasteiger partial charge on any atom is -0.481 e. The fourth-order valence-electron chi connectivity index (χ4n) is 12.7. The molecule has 0 aromatic rings. The Balaban J connectivity index is 1.28. The molecule has 0 radical (unpaired) electrons. The molecule has 6 rings (SSSR count). The maximum atomic E-state index is 13.0. The average Bonchev–Trinajstić information content (AvgIpc) is 2.95. The van der Waals surface area contributed by atoms with E-state index in [4.69, 9.17) is 9.47 Å². The Bertz CT molecular complexity index is 1230. The molecule has 0 bridgehead atoms. The molecule has 5 aliphatic carbocycles. The number of carboxylic acid groups (broad SMARTS) is 1. The summed E-state index contributed by atoms with van der Waals surface area (Å²) >= 11 is 0. The number of aliphatic carboxylic acids is 1. The van der Waals surface area contributed by atoms with Gasteiger partial charge in [-0.3, -0.25) is 9.59 Å². The second-order valence-corrected chi connectivity index (χ2v) is 18.2. The first-order valence-electron chi connectivity index (χ1n) is 17.6. The van der Waals surface area contributed by atoms with Crippen LogP contribution < -0.4 is 0 Å². The molecule has 1 saturated heterocycles. The van der Waals surface area contributed by atoms with Gasteiger partial charge in [-0.15, -0.1) is 0 Å². The van der Waals surface area contributed by atoms with E-state index in [-0.39, 0.29) is 45.4 Å². The molecule has 0 aromatic heterocycles. The van der Waals surface area contributed by atoms with Crippen molar-refractivity contribution in [3.8, 4) is 0 Å². The highest BCUT2D eigenvalue weighted by Gasteiger charge is 2.69. The summed E-state index contributed by atoms with van der Waals surface area (Å²) in [4.78, 5) is 24.0. The van der Waals surface area contributed by atoms with Crippen molar-refractivity contribution in [2.24, 2.45) is 56.2 Å². The van der Waals surface area contributed by atoms with Crippen LogP contribution in [0.3, 0.4) is 0 Å². The van der Waals surface area contributed by atoms with Crippen molar-refractivity contribution in [3.63, 3.8) is 0 Å². The van der Waals surface area contributed by atoms with Crippen LogP contribution in [0.5, 0.6) is 0 Å². The van der Waals surface area contributed by atoms with Crippen LogP contribution in [0.4, 0.5) is 0 Å². The molecule has 4 saturated carbocycles. The number of fused-ring (bicyclic) bond motifs is 7. The monoisotopic (exact) mass is 630 g/mol. The van der Waals surface area contributed by atoms with Gasteiger partial charge in [0, 0.05) is 0 Å². The van der Waals surface area contributed by atoms with E-state index >= 15 is 0 Å². The van der Waals surface area contributed by atoms with E-state index in [2.05, 4.69) is 54.5 Å². The van der Waals surface area contributed by atoms with E-state index in [9.17, 15) is 30.0 Å². The van der Waals surface area contributed by atoms with Crippen molar-refractivity contribution in [2.45, 2.75) is 150 Å². The highest BCUT2D eigenvalue weighted by Crippen LogP contribution is 2.76. The quantitative estimate of drug-likeness (QED) is 0.219. The summed E-state index contributed by atoms with van der Waals surface area (Å²) in [7, 11) is 0. The Morgan fingerprint density at radius 3 is 2.27 bits per heavy atom. The lowest BCUT2D eigenvalue weighted by molar-refractivity contribution is -0.290. The van der Waals surface area contributed by atoms with Crippen molar-refractivity contribution in [2.75, 3.05) is 0 Å². The molecule has 5 fully saturated rings. The predicted octanol–water partition coefficient (Wildman–Crippen LogP) is 5.86. The topological polar surface area (TPSA) is 134 Å². The molecule has 6 aliphatic rings. The van der Waals surface area contributed by atoms with E-state index in [1.165, 1.54) is 5.57 Å². The van der Waals surface area contributed by atoms with Gasteiger partial charge in [0.2, 0.25) is 6.29 Å². The van der Waals surface area contributed by atoms with Gasteiger partial charge in [0.1, 0.15) is 18.3 Å². The van der Waals surface area contributed by atoms with Crippen LogP contribution in [-0.2, 0) is 19.1 Å². The molecule has 8 nitrogen and oxygen atoms in total. The maximum absolute atomic E-state index is 13.0. The number of carbonyl (C=O) groups is 2. The van der Waals surface area contributed by atoms with E-state index in [0.29, 0.717) is 18.3 Å². The van der Waals surface area contributed by atoms with Crippen molar-refractivity contribution >= 4 is 12.4 Å². The van der Waals surface area contributed by atoms with Gasteiger partial charge >= 0.3 is 5.97 Å². The standard InChI is InChI=1S/C37H58O8/c1-32(2)14-16-37(31(42)43)17-15-35(6)22(23(37)19-32)8-9-26-34(5)12-10-21(33(3,4)25(34)11-13-36(26,35)7)18-24-27(39)28(40)29(41)30(45-24)44-20-38/h8,20-21,23-30,39-41H,9-19H2,1-7H3,(H,42,43)/t21-,23?,24-,25?,26?,27+,28?,29-,30?,34-,35+,36+,37-/m0/s1. The lowest BCUT2D eigenvalue weighted by atomic mass is 9.33. The first-order chi connectivity index (χ1) is 20.9. The summed E-state index contributed by atoms with van der Waals surface area (Å²) in [5.41, 5.74) is 1.07. The molecule has 13 atom stereocenters. The predicted molar refractivity (Wildman–Crippen MR) is 169 cm³/mol. The van der Waals surface area contributed by atoms with Crippen LogP contribution in [-0.4, -0.2) is 63.6 Å². The SMILES string of the molecule is CC1(C)CC[C@]2(C(=O)O)CC[C@]3(C)C(=CCC4[C@@]5(C)CC[C@@H](C[C@@H]6OC(OC=O)[C@@H](O)C(O)[C@@H]6O)C(C)(C)C5CC[C@]43C)C2C1. The fraction of sp³-hybridized carbons (Fsp3) is 0.892. The Kier molecular flexibility index (Phi) is 7.99. The molecule has 5 unspecified atom stereocenters. The molecule has 0 spiro atoms. The molecule has 0 amide bonds. The third kappa shape index (κ3) is 4.65. The number of ether oxygens (including phenoxy) is 2. The summed E-state index contributed by atoms with van der Waals surface area (Å²) in [6.07, 6.45) is 6.44. The Morgan fingerprint density at radius 2 is 1.60 bits per heavy atom. The van der Waals surface area contributed by atoms with Crippen LogP contribution in [0, 0.1) is 56.2 Å². The fourth-order valence-corrected chi connectivity index (χ4v) is 12.7. The van der Waals surface area contributed by atoms with Crippen LogP contribution in [0.15, 0.2) is 11.6 Å². The molecule has 1 heterocycles. The van der Waals surface area contributed by atoms with E-state index in [1.54, 1.807) is 0 Å². The molecule has 45 heavy (non-hydrogen) atoms. The maximum Gasteiger partial charge on any atom is 0.310 e. The van der Waals surface area contributed by atoms with Gasteiger partial charge in [-0.2, -0.15) is 0 Å². The molecule has 4 N–H and O–H groups in total. The molecule has 254 valence electrons. The van der Waals surface area contributed by atoms with Gasteiger partial charge in [0.15, 0.2) is 0 Å². The van der Waals surface area contributed by atoms with Gasteiger partial charge < -0.3 is 29.9 Å². The van der Waals surface area contributed by atoms with E-state index in [1.807, 2.05) is 0 Å². The van der Waals surface area contributed by atoms with Crippen molar-refractivity contribution in [1.82, 2.24) is 0 Å². The average molecular weight is 631 g/mol. The molecule has 1 aliphatic heterocycles. The lowest BCUT2D eigenvalue weighted by Gasteiger charge is -2.71. The van der Waals surface area contributed by atoms with Gasteiger partial charge in [-0.05, 0) is 121 Å². The van der Waals surface area contributed by atoms with Crippen LogP contribution in [0.2, 0.25) is 0 Å². The molecule has 0 aromatic carbocycles. The summed E-state index contributed by atoms with van der Waals surface area (Å²) < 4.78 is 10.8. The van der Waals surface area contributed by atoms with Crippen LogP contribution in [0.25, 0.3) is 0 Å². The largest absolute Gasteiger partial charge is 0.481 e. The first-order valence-corrected chi connectivity index (χ1v) is 17.6. The third-order valence-electron chi connectivity index (χ3n) is 15.7. The van der Waals surface area contributed by atoms with E-state index < -0.39 is 42.1 Å². The minimum atomic E-state index is -1.49. The number of hydrogen-bond acceptors (Lipinski definition) is 7. The summed E-state index contributed by atoms with van der Waals surface area (Å²) in [5.74, 6) is 0.682. The number of rotatable bonds is 5. The first kappa shape index (κ1) is 33.4. The molecular formula is C37H58O8. The number of aliphatic hydroxyl groups is 3. The number of aliphatic hydroxyl groups excluding tert-OH is 3. The van der Waals surface area contributed by atoms with Crippen molar-refractivity contribution in [1.29, 1.82) is 0 Å². The zero-order valence-corrected chi connectivity index (χ0v) is 28.6.